The predicted molar refractivity (Wildman–Crippen MR) is 103 cm³/mol. The molecule has 0 atom stereocenters. The number of methoxy groups -OCH3 is 1. The molecule has 0 aliphatic rings. The maximum atomic E-state index is 12.3. The summed E-state index contributed by atoms with van der Waals surface area (Å²) in [6.45, 7) is 0. The Bertz CT molecular complexity index is 1090. The fraction of sp³-hybridized carbons (Fsp3) is 0.0952. The number of hydrogen-bond acceptors (Lipinski definition) is 5. The number of benzene rings is 2. The van der Waals surface area contributed by atoms with Gasteiger partial charge in [-0.1, -0.05) is 29.8 Å². The van der Waals surface area contributed by atoms with Gasteiger partial charge in [0.1, 0.15) is 16.9 Å². The Morgan fingerprint density at radius 3 is 2.56 bits per heavy atom. The predicted octanol–water partition coefficient (Wildman–Crippen LogP) is 4.31. The average Bonchev–Trinajstić information content (AvgIpc) is 2.66. The van der Waals surface area contributed by atoms with E-state index < -0.39 is 23.6 Å². The number of Topliss-reactive ketones (excluding diaryl/α,β-unsaturated/α-hetero) is 1. The third-order valence-electron chi connectivity index (χ3n) is 3.91. The van der Waals surface area contributed by atoms with Crippen molar-refractivity contribution in [2.75, 3.05) is 7.11 Å². The van der Waals surface area contributed by atoms with Gasteiger partial charge in [-0.25, -0.2) is 4.79 Å². The third-order valence-corrected chi connectivity index (χ3v) is 4.15. The van der Waals surface area contributed by atoms with Gasteiger partial charge in [0, 0.05) is 16.5 Å². The van der Waals surface area contributed by atoms with Gasteiger partial charge < -0.3 is 9.15 Å². The number of rotatable bonds is 6. The number of carbonyl (C=O) groups excluding carboxylic acids is 2. The van der Waals surface area contributed by atoms with Crippen LogP contribution in [0.25, 0.3) is 17.0 Å². The highest BCUT2D eigenvalue weighted by Gasteiger charge is 2.16. The Hall–Kier alpha value is -3.18. The second kappa shape index (κ2) is 8.01. The zero-order valence-electron chi connectivity index (χ0n) is 14.4. The van der Waals surface area contributed by atoms with E-state index in [-0.39, 0.29) is 11.1 Å². The number of carbonyl (C=O) groups is 2. The average molecular weight is 383 g/mol. The summed E-state index contributed by atoms with van der Waals surface area (Å²) in [5.74, 6) is -0.297. The molecule has 0 saturated heterocycles. The molecule has 0 unspecified atom stereocenters. The summed E-state index contributed by atoms with van der Waals surface area (Å²) < 4.78 is 10.2. The lowest BCUT2D eigenvalue weighted by molar-refractivity contribution is -0.113. The van der Waals surface area contributed by atoms with E-state index in [4.69, 9.17) is 20.8 Å². The molecule has 27 heavy (non-hydrogen) atoms. The molecule has 6 heteroatoms. The summed E-state index contributed by atoms with van der Waals surface area (Å²) >= 11 is 5.86. The normalized spacial score (nSPS) is 11.0. The summed E-state index contributed by atoms with van der Waals surface area (Å²) in [7, 11) is 1.57. The van der Waals surface area contributed by atoms with Crippen molar-refractivity contribution in [3.8, 4) is 5.75 Å². The first kappa shape index (κ1) is 18.6. The highest BCUT2D eigenvalue weighted by molar-refractivity contribution is 6.31. The van der Waals surface area contributed by atoms with Crippen LogP contribution < -0.4 is 10.4 Å². The van der Waals surface area contributed by atoms with Crippen molar-refractivity contribution < 1.29 is 18.7 Å². The van der Waals surface area contributed by atoms with Gasteiger partial charge in [0.25, 0.3) is 0 Å². The van der Waals surface area contributed by atoms with E-state index >= 15 is 0 Å². The van der Waals surface area contributed by atoms with Crippen molar-refractivity contribution in [1.82, 2.24) is 0 Å². The summed E-state index contributed by atoms with van der Waals surface area (Å²) in [5.41, 5.74) is 0.131. The van der Waals surface area contributed by atoms with E-state index in [1.807, 2.05) is 0 Å². The Kier molecular flexibility index (Phi) is 5.52. The standard InChI is InChI=1S/C21H15ClO5/c1-26-17-8-3-13(4-9-17)2-7-16(23)12-19(24)18-10-14-5-6-15(22)11-20(14)27-21(18)25/h2-11H,12H2,1H3. The second-order valence-electron chi connectivity index (χ2n) is 5.80. The minimum atomic E-state index is -0.790. The topological polar surface area (TPSA) is 73.6 Å². The van der Waals surface area contributed by atoms with E-state index in [1.54, 1.807) is 49.6 Å². The van der Waals surface area contributed by atoms with E-state index in [9.17, 15) is 14.4 Å². The molecule has 1 aromatic heterocycles. The van der Waals surface area contributed by atoms with Crippen molar-refractivity contribution >= 4 is 40.2 Å². The lowest BCUT2D eigenvalue weighted by Crippen LogP contribution is -2.16. The van der Waals surface area contributed by atoms with Gasteiger partial charge in [-0.3, -0.25) is 9.59 Å². The molecule has 0 N–H and O–H groups in total. The second-order valence-corrected chi connectivity index (χ2v) is 6.24. The molecule has 2 aromatic carbocycles. The molecule has 0 bridgehead atoms. The Morgan fingerprint density at radius 2 is 1.85 bits per heavy atom. The molecule has 0 aliphatic heterocycles. The molecule has 1 heterocycles. The van der Waals surface area contributed by atoms with Crippen LogP contribution in [0.5, 0.6) is 5.75 Å². The van der Waals surface area contributed by atoms with E-state index in [0.717, 1.165) is 5.56 Å². The largest absolute Gasteiger partial charge is 0.497 e. The fourth-order valence-electron chi connectivity index (χ4n) is 2.50. The van der Waals surface area contributed by atoms with Crippen molar-refractivity contribution in [3.05, 3.63) is 81.2 Å². The number of halogens is 1. The maximum Gasteiger partial charge on any atom is 0.347 e. The minimum absolute atomic E-state index is 0.156. The third kappa shape index (κ3) is 4.51. The van der Waals surface area contributed by atoms with Crippen LogP contribution in [0.15, 0.2) is 63.8 Å². The first-order chi connectivity index (χ1) is 13.0. The summed E-state index contributed by atoms with van der Waals surface area (Å²) in [5, 5.41) is 0.979. The van der Waals surface area contributed by atoms with Crippen molar-refractivity contribution in [3.63, 3.8) is 0 Å². The fourth-order valence-corrected chi connectivity index (χ4v) is 2.66. The molecule has 0 amide bonds. The minimum Gasteiger partial charge on any atom is -0.497 e. The van der Waals surface area contributed by atoms with Crippen molar-refractivity contribution in [2.24, 2.45) is 0 Å². The van der Waals surface area contributed by atoms with E-state index in [1.165, 1.54) is 18.2 Å². The van der Waals surface area contributed by atoms with Gasteiger partial charge in [0.05, 0.1) is 13.5 Å². The van der Waals surface area contributed by atoms with Gasteiger partial charge in [-0.05, 0) is 42.0 Å². The summed E-state index contributed by atoms with van der Waals surface area (Å²) in [4.78, 5) is 36.4. The number of ketones is 2. The molecule has 0 radical (unpaired) electrons. The first-order valence-electron chi connectivity index (χ1n) is 8.08. The van der Waals surface area contributed by atoms with Crippen molar-refractivity contribution in [1.29, 1.82) is 0 Å². The van der Waals surface area contributed by atoms with Gasteiger partial charge >= 0.3 is 5.63 Å². The zero-order valence-corrected chi connectivity index (χ0v) is 15.2. The molecule has 3 aromatic rings. The number of allylic oxidation sites excluding steroid dienone is 1. The number of ether oxygens (including phenoxy) is 1. The van der Waals surface area contributed by atoms with Gasteiger partial charge in [0.2, 0.25) is 0 Å². The molecular weight excluding hydrogens is 368 g/mol. The Labute approximate surface area is 159 Å². The lowest BCUT2D eigenvalue weighted by atomic mass is 10.1. The molecule has 0 spiro atoms. The first-order valence-corrected chi connectivity index (χ1v) is 8.45. The highest BCUT2D eigenvalue weighted by Crippen LogP contribution is 2.19. The summed E-state index contributed by atoms with van der Waals surface area (Å²) in [6.07, 6.45) is 2.48. The van der Waals surface area contributed by atoms with Crippen molar-refractivity contribution in [2.45, 2.75) is 6.42 Å². The van der Waals surface area contributed by atoms with Crippen LogP contribution in [0.1, 0.15) is 22.3 Å². The molecular formula is C21H15ClO5. The molecule has 0 saturated carbocycles. The Balaban J connectivity index is 1.74. The molecule has 0 aliphatic carbocycles. The maximum absolute atomic E-state index is 12.3. The van der Waals surface area contributed by atoms with Crippen LogP contribution in [0.4, 0.5) is 0 Å². The smallest absolute Gasteiger partial charge is 0.347 e. The number of hydrogen-bond donors (Lipinski definition) is 0. The SMILES string of the molecule is COc1ccc(C=CC(=O)CC(=O)c2cc3ccc(Cl)cc3oc2=O)cc1. The van der Waals surface area contributed by atoms with Crippen LogP contribution in [0.3, 0.4) is 0 Å². The van der Waals surface area contributed by atoms with Gasteiger partial charge in [-0.15, -0.1) is 0 Å². The Morgan fingerprint density at radius 1 is 1.11 bits per heavy atom. The van der Waals surface area contributed by atoms with Crippen LogP contribution in [0.2, 0.25) is 5.02 Å². The van der Waals surface area contributed by atoms with Gasteiger partial charge in [-0.2, -0.15) is 0 Å². The van der Waals surface area contributed by atoms with Gasteiger partial charge in [0.15, 0.2) is 11.6 Å². The molecule has 136 valence electrons. The quantitative estimate of drug-likeness (QED) is 0.275. The van der Waals surface area contributed by atoms with E-state index in [2.05, 4.69) is 0 Å². The lowest BCUT2D eigenvalue weighted by Gasteiger charge is -2.01. The van der Waals surface area contributed by atoms with Crippen LogP contribution >= 0.6 is 11.6 Å². The van der Waals surface area contributed by atoms with Crippen LogP contribution in [-0.4, -0.2) is 18.7 Å². The molecule has 3 rings (SSSR count). The summed E-state index contributed by atoms with van der Waals surface area (Å²) in [6, 6.07) is 13.3. The molecule has 0 fully saturated rings. The number of fused-ring (bicyclic) bond motifs is 1. The van der Waals surface area contributed by atoms with Crippen LogP contribution in [0, 0.1) is 0 Å². The molecule has 5 nitrogen and oxygen atoms in total. The monoisotopic (exact) mass is 382 g/mol. The highest BCUT2D eigenvalue weighted by atomic mass is 35.5. The van der Waals surface area contributed by atoms with E-state index in [0.29, 0.717) is 16.2 Å². The van der Waals surface area contributed by atoms with Crippen LogP contribution in [-0.2, 0) is 4.79 Å². The zero-order chi connectivity index (χ0) is 19.4.